The van der Waals surface area contributed by atoms with Gasteiger partial charge in [0.15, 0.2) is 0 Å². The normalized spacial score (nSPS) is 18.4. The summed E-state index contributed by atoms with van der Waals surface area (Å²) < 4.78 is 5.79. The van der Waals surface area contributed by atoms with Crippen LogP contribution in [0.1, 0.15) is 18.5 Å². The number of nitrogens with one attached hydrogen (secondary N) is 2. The maximum Gasteiger partial charge on any atom is 0.318 e. The maximum atomic E-state index is 12.7. The van der Waals surface area contributed by atoms with Crippen LogP contribution < -0.4 is 15.4 Å². The molecular formula is C19H24N4O2. The summed E-state index contributed by atoms with van der Waals surface area (Å²) in [5.41, 5.74) is 1.09. The number of carbonyl (C=O) groups is 1. The first kappa shape index (κ1) is 17.2. The zero-order valence-electron chi connectivity index (χ0n) is 14.4. The van der Waals surface area contributed by atoms with Crippen LogP contribution in [0.5, 0.6) is 5.75 Å². The number of nitrogens with zero attached hydrogens (tertiary/aromatic N) is 2. The first-order valence-corrected chi connectivity index (χ1v) is 8.59. The second kappa shape index (κ2) is 8.48. The molecule has 0 bridgehead atoms. The van der Waals surface area contributed by atoms with Crippen LogP contribution in [0.3, 0.4) is 0 Å². The molecular weight excluding hydrogens is 316 g/mol. The fourth-order valence-electron chi connectivity index (χ4n) is 2.90. The van der Waals surface area contributed by atoms with Crippen LogP contribution in [0, 0.1) is 0 Å². The Hall–Kier alpha value is -2.60. The van der Waals surface area contributed by atoms with Crippen molar-refractivity contribution in [3.05, 3.63) is 60.4 Å². The van der Waals surface area contributed by atoms with Gasteiger partial charge in [0, 0.05) is 25.8 Å². The zero-order chi connectivity index (χ0) is 17.5. The number of rotatable bonds is 5. The molecule has 2 heterocycles. The largest absolute Gasteiger partial charge is 0.490 e. The van der Waals surface area contributed by atoms with E-state index >= 15 is 0 Å². The fraction of sp³-hybridized carbons (Fsp3) is 0.368. The van der Waals surface area contributed by atoms with Crippen LogP contribution >= 0.6 is 0 Å². The molecule has 3 rings (SSSR count). The SMILES string of the molecule is CC(NC(=O)N1CCNCC1COc1cccnc1)c1ccccc1. The average molecular weight is 340 g/mol. The van der Waals surface area contributed by atoms with Crippen LogP contribution in [-0.2, 0) is 0 Å². The van der Waals surface area contributed by atoms with E-state index in [1.807, 2.05) is 54.3 Å². The van der Waals surface area contributed by atoms with Crippen LogP contribution in [0.25, 0.3) is 0 Å². The molecule has 2 N–H and O–H groups in total. The molecule has 1 aromatic carbocycles. The van der Waals surface area contributed by atoms with Crippen molar-refractivity contribution in [2.75, 3.05) is 26.2 Å². The summed E-state index contributed by atoms with van der Waals surface area (Å²) in [6, 6.07) is 13.6. The van der Waals surface area contributed by atoms with E-state index in [1.54, 1.807) is 12.4 Å². The molecule has 2 unspecified atom stereocenters. The molecule has 1 saturated heterocycles. The van der Waals surface area contributed by atoms with Crippen molar-refractivity contribution < 1.29 is 9.53 Å². The maximum absolute atomic E-state index is 12.7. The molecule has 2 aromatic rings. The van der Waals surface area contributed by atoms with Gasteiger partial charge < -0.3 is 20.3 Å². The number of urea groups is 1. The number of hydrogen-bond donors (Lipinski definition) is 2. The molecule has 1 aliphatic rings. The van der Waals surface area contributed by atoms with Crippen molar-refractivity contribution in [3.63, 3.8) is 0 Å². The van der Waals surface area contributed by atoms with Gasteiger partial charge >= 0.3 is 6.03 Å². The number of ether oxygens (including phenoxy) is 1. The predicted octanol–water partition coefficient (Wildman–Crippen LogP) is 2.20. The summed E-state index contributed by atoms with van der Waals surface area (Å²) in [6.07, 6.45) is 3.39. The second-order valence-corrected chi connectivity index (χ2v) is 6.13. The molecule has 0 spiro atoms. The molecule has 2 amide bonds. The fourth-order valence-corrected chi connectivity index (χ4v) is 2.90. The van der Waals surface area contributed by atoms with Gasteiger partial charge in [-0.3, -0.25) is 4.98 Å². The van der Waals surface area contributed by atoms with Gasteiger partial charge in [-0.15, -0.1) is 0 Å². The van der Waals surface area contributed by atoms with Crippen molar-refractivity contribution in [3.8, 4) is 5.75 Å². The topological polar surface area (TPSA) is 66.5 Å². The molecule has 132 valence electrons. The van der Waals surface area contributed by atoms with E-state index in [9.17, 15) is 4.79 Å². The lowest BCUT2D eigenvalue weighted by Crippen LogP contribution is -2.58. The highest BCUT2D eigenvalue weighted by Crippen LogP contribution is 2.14. The van der Waals surface area contributed by atoms with Gasteiger partial charge in [0.05, 0.1) is 18.3 Å². The van der Waals surface area contributed by atoms with E-state index in [0.717, 1.165) is 12.1 Å². The second-order valence-electron chi connectivity index (χ2n) is 6.13. The molecule has 0 aliphatic carbocycles. The Morgan fingerprint density at radius 3 is 2.96 bits per heavy atom. The molecule has 1 aromatic heterocycles. The van der Waals surface area contributed by atoms with Crippen LogP contribution in [-0.4, -0.2) is 48.2 Å². The molecule has 0 radical (unpaired) electrons. The highest BCUT2D eigenvalue weighted by Gasteiger charge is 2.28. The van der Waals surface area contributed by atoms with Gasteiger partial charge in [0.1, 0.15) is 12.4 Å². The quantitative estimate of drug-likeness (QED) is 0.876. The van der Waals surface area contributed by atoms with E-state index in [1.165, 1.54) is 0 Å². The van der Waals surface area contributed by atoms with Gasteiger partial charge in [-0.1, -0.05) is 30.3 Å². The van der Waals surface area contributed by atoms with E-state index in [-0.39, 0.29) is 18.1 Å². The van der Waals surface area contributed by atoms with Crippen molar-refractivity contribution >= 4 is 6.03 Å². The van der Waals surface area contributed by atoms with E-state index in [2.05, 4.69) is 15.6 Å². The monoisotopic (exact) mass is 340 g/mol. The summed E-state index contributed by atoms with van der Waals surface area (Å²) >= 11 is 0. The lowest BCUT2D eigenvalue weighted by Gasteiger charge is -2.36. The number of amides is 2. The lowest BCUT2D eigenvalue weighted by molar-refractivity contribution is 0.122. The van der Waals surface area contributed by atoms with Crippen LogP contribution in [0.2, 0.25) is 0 Å². The van der Waals surface area contributed by atoms with E-state index in [0.29, 0.717) is 25.4 Å². The Kier molecular flexibility index (Phi) is 5.85. The van der Waals surface area contributed by atoms with Crippen LogP contribution in [0.15, 0.2) is 54.9 Å². The van der Waals surface area contributed by atoms with E-state index in [4.69, 9.17) is 4.74 Å². The lowest BCUT2D eigenvalue weighted by atomic mass is 10.1. The molecule has 6 heteroatoms. The molecule has 0 saturated carbocycles. The minimum Gasteiger partial charge on any atom is -0.490 e. The molecule has 1 fully saturated rings. The minimum atomic E-state index is -0.0577. The first-order valence-electron chi connectivity index (χ1n) is 8.59. The Balaban J connectivity index is 1.59. The summed E-state index contributed by atoms with van der Waals surface area (Å²) in [5, 5.41) is 6.41. The standard InChI is InChI=1S/C19H24N4O2/c1-15(16-6-3-2-4-7-16)22-19(24)23-11-10-21-12-17(23)14-25-18-8-5-9-20-13-18/h2-9,13,15,17,21H,10-12,14H2,1H3,(H,22,24). The van der Waals surface area contributed by atoms with Gasteiger partial charge in [0.25, 0.3) is 0 Å². The van der Waals surface area contributed by atoms with Gasteiger partial charge in [0.2, 0.25) is 0 Å². The van der Waals surface area contributed by atoms with Gasteiger partial charge in [-0.2, -0.15) is 0 Å². The Labute approximate surface area is 148 Å². The number of benzene rings is 1. The highest BCUT2D eigenvalue weighted by atomic mass is 16.5. The average Bonchev–Trinajstić information content (AvgIpc) is 2.68. The number of piperazine rings is 1. The summed E-state index contributed by atoms with van der Waals surface area (Å²) in [4.78, 5) is 18.6. The Morgan fingerprint density at radius 1 is 1.36 bits per heavy atom. The number of aromatic nitrogens is 1. The van der Waals surface area contributed by atoms with Crippen molar-refractivity contribution in [1.29, 1.82) is 0 Å². The van der Waals surface area contributed by atoms with Crippen molar-refractivity contribution in [2.24, 2.45) is 0 Å². The van der Waals surface area contributed by atoms with Crippen LogP contribution in [0.4, 0.5) is 4.79 Å². The highest BCUT2D eigenvalue weighted by molar-refractivity contribution is 5.75. The van der Waals surface area contributed by atoms with Crippen molar-refractivity contribution in [1.82, 2.24) is 20.5 Å². The van der Waals surface area contributed by atoms with Crippen molar-refractivity contribution in [2.45, 2.75) is 19.0 Å². The molecule has 6 nitrogen and oxygen atoms in total. The Bertz CT molecular complexity index is 666. The molecule has 1 aliphatic heterocycles. The van der Waals surface area contributed by atoms with Gasteiger partial charge in [-0.05, 0) is 24.6 Å². The molecule has 2 atom stereocenters. The Morgan fingerprint density at radius 2 is 2.20 bits per heavy atom. The smallest absolute Gasteiger partial charge is 0.318 e. The summed E-state index contributed by atoms with van der Waals surface area (Å²) in [5.74, 6) is 0.714. The first-order chi connectivity index (χ1) is 12.2. The number of pyridine rings is 1. The predicted molar refractivity (Wildman–Crippen MR) is 96.5 cm³/mol. The third-order valence-electron chi connectivity index (χ3n) is 4.33. The number of hydrogen-bond acceptors (Lipinski definition) is 4. The zero-order valence-corrected chi connectivity index (χ0v) is 14.4. The third-order valence-corrected chi connectivity index (χ3v) is 4.33. The summed E-state index contributed by atoms with van der Waals surface area (Å²) in [7, 11) is 0. The minimum absolute atomic E-state index is 0.0167. The van der Waals surface area contributed by atoms with E-state index < -0.39 is 0 Å². The van der Waals surface area contributed by atoms with Gasteiger partial charge in [-0.25, -0.2) is 4.79 Å². The number of carbonyl (C=O) groups excluding carboxylic acids is 1. The molecule has 25 heavy (non-hydrogen) atoms. The summed E-state index contributed by atoms with van der Waals surface area (Å²) in [6.45, 7) is 4.60. The third kappa shape index (κ3) is 4.70.